The zero-order valence-corrected chi connectivity index (χ0v) is 9.82. The van der Waals surface area contributed by atoms with Crippen LogP contribution in [0.4, 0.5) is 0 Å². The summed E-state index contributed by atoms with van der Waals surface area (Å²) >= 11 is 0. The molecule has 0 bridgehead atoms. The average Bonchev–Trinajstić information content (AvgIpc) is 3.04. The lowest BCUT2D eigenvalue weighted by atomic mass is 10.1. The van der Waals surface area contributed by atoms with E-state index in [1.54, 1.807) is 21.3 Å². The van der Waals surface area contributed by atoms with Gasteiger partial charge in [0.25, 0.3) is 0 Å². The first-order valence-electron chi connectivity index (χ1n) is 5.26. The average molecular weight is 223 g/mol. The van der Waals surface area contributed by atoms with Gasteiger partial charge in [-0.05, 0) is 12.5 Å². The first-order valence-corrected chi connectivity index (χ1v) is 5.26. The van der Waals surface area contributed by atoms with E-state index in [1.807, 2.05) is 12.1 Å². The van der Waals surface area contributed by atoms with E-state index in [4.69, 9.17) is 19.9 Å². The molecule has 1 saturated carbocycles. The molecule has 16 heavy (non-hydrogen) atoms. The molecule has 0 saturated heterocycles. The molecule has 0 spiro atoms. The molecular formula is C12H17NO3. The van der Waals surface area contributed by atoms with Crippen LogP contribution in [0.1, 0.15) is 17.9 Å². The van der Waals surface area contributed by atoms with Crippen molar-refractivity contribution in [3.05, 3.63) is 17.7 Å². The zero-order chi connectivity index (χ0) is 11.7. The van der Waals surface area contributed by atoms with Gasteiger partial charge in [0, 0.05) is 23.6 Å². The third-order valence-corrected chi connectivity index (χ3v) is 2.98. The minimum atomic E-state index is 0.243. The second kappa shape index (κ2) is 4.22. The maximum absolute atomic E-state index is 5.86. The van der Waals surface area contributed by atoms with Crippen LogP contribution < -0.4 is 19.9 Å². The minimum absolute atomic E-state index is 0.243. The number of nitrogens with two attached hydrogens (primary N) is 1. The van der Waals surface area contributed by atoms with Crippen LogP contribution in [0.5, 0.6) is 17.2 Å². The van der Waals surface area contributed by atoms with Crippen LogP contribution in [0.2, 0.25) is 0 Å². The quantitative estimate of drug-likeness (QED) is 0.841. The Balaban J connectivity index is 2.42. The van der Waals surface area contributed by atoms with Crippen molar-refractivity contribution in [1.82, 2.24) is 0 Å². The van der Waals surface area contributed by atoms with Gasteiger partial charge >= 0.3 is 0 Å². The molecule has 0 radical (unpaired) electrons. The Morgan fingerprint density at radius 1 is 1.00 bits per heavy atom. The summed E-state index contributed by atoms with van der Waals surface area (Å²) in [6.07, 6.45) is 1.01. The van der Waals surface area contributed by atoms with Crippen LogP contribution >= 0.6 is 0 Å². The van der Waals surface area contributed by atoms with Gasteiger partial charge in [-0.2, -0.15) is 0 Å². The van der Waals surface area contributed by atoms with Crippen LogP contribution in [-0.2, 0) is 0 Å². The van der Waals surface area contributed by atoms with Crippen LogP contribution in [-0.4, -0.2) is 27.4 Å². The second-order valence-electron chi connectivity index (χ2n) is 3.96. The van der Waals surface area contributed by atoms with Gasteiger partial charge in [0.15, 0.2) is 11.5 Å². The lowest BCUT2D eigenvalue weighted by Gasteiger charge is -2.13. The van der Waals surface area contributed by atoms with Crippen LogP contribution in [0.25, 0.3) is 0 Å². The van der Waals surface area contributed by atoms with Crippen molar-refractivity contribution in [2.45, 2.75) is 18.4 Å². The van der Waals surface area contributed by atoms with E-state index < -0.39 is 0 Å². The highest BCUT2D eigenvalue weighted by Crippen LogP contribution is 2.47. The number of rotatable bonds is 4. The normalized spacial score (nSPS) is 22.8. The van der Waals surface area contributed by atoms with Crippen molar-refractivity contribution in [1.29, 1.82) is 0 Å². The number of methoxy groups -OCH3 is 3. The smallest absolute Gasteiger partial charge is 0.164 e. The van der Waals surface area contributed by atoms with Crippen molar-refractivity contribution in [2.75, 3.05) is 21.3 Å². The third-order valence-electron chi connectivity index (χ3n) is 2.98. The molecule has 0 heterocycles. The minimum Gasteiger partial charge on any atom is -0.496 e. The van der Waals surface area contributed by atoms with Gasteiger partial charge in [-0.1, -0.05) is 0 Å². The van der Waals surface area contributed by atoms with E-state index in [1.165, 1.54) is 0 Å². The maximum atomic E-state index is 5.86. The molecule has 4 heteroatoms. The van der Waals surface area contributed by atoms with Gasteiger partial charge in [0.1, 0.15) is 5.75 Å². The van der Waals surface area contributed by atoms with Gasteiger partial charge in [-0.25, -0.2) is 0 Å². The molecule has 1 aliphatic rings. The highest BCUT2D eigenvalue weighted by atomic mass is 16.5. The SMILES string of the molecule is COc1cc(OC)c([C@@H]2C[C@H]2N)cc1OC. The first-order chi connectivity index (χ1) is 7.71. The van der Waals surface area contributed by atoms with Gasteiger partial charge < -0.3 is 19.9 Å². The standard InChI is InChI=1S/C12H17NO3/c1-14-10-6-12(16-3)11(15-2)5-8(10)7-4-9(7)13/h5-7,9H,4,13H2,1-3H3/t7-,9+/m0/s1. The predicted octanol–water partition coefficient (Wildman–Crippen LogP) is 1.53. The van der Waals surface area contributed by atoms with E-state index >= 15 is 0 Å². The number of ether oxygens (including phenoxy) is 3. The molecule has 88 valence electrons. The fourth-order valence-corrected chi connectivity index (χ4v) is 1.91. The lowest BCUT2D eigenvalue weighted by molar-refractivity contribution is 0.347. The molecule has 2 atom stereocenters. The van der Waals surface area contributed by atoms with Gasteiger partial charge in [0.2, 0.25) is 0 Å². The molecule has 1 fully saturated rings. The molecule has 1 aromatic carbocycles. The lowest BCUT2D eigenvalue weighted by Crippen LogP contribution is -2.03. The third kappa shape index (κ3) is 1.80. The van der Waals surface area contributed by atoms with Gasteiger partial charge in [-0.3, -0.25) is 0 Å². The molecule has 1 aliphatic carbocycles. The fraction of sp³-hybridized carbons (Fsp3) is 0.500. The van der Waals surface area contributed by atoms with Crippen molar-refractivity contribution in [3.63, 3.8) is 0 Å². The molecule has 4 nitrogen and oxygen atoms in total. The predicted molar refractivity (Wildman–Crippen MR) is 61.4 cm³/mol. The summed E-state index contributed by atoms with van der Waals surface area (Å²) in [4.78, 5) is 0. The van der Waals surface area contributed by atoms with Crippen molar-refractivity contribution in [2.24, 2.45) is 5.73 Å². The molecule has 0 aromatic heterocycles. The van der Waals surface area contributed by atoms with Gasteiger partial charge in [-0.15, -0.1) is 0 Å². The molecule has 0 amide bonds. The summed E-state index contributed by atoms with van der Waals surface area (Å²) in [6.45, 7) is 0. The Bertz CT molecular complexity index is 392. The zero-order valence-electron chi connectivity index (χ0n) is 9.82. The highest BCUT2D eigenvalue weighted by molar-refractivity contribution is 5.53. The summed E-state index contributed by atoms with van der Waals surface area (Å²) in [5.41, 5.74) is 6.96. The molecule has 2 N–H and O–H groups in total. The number of hydrogen-bond acceptors (Lipinski definition) is 4. The second-order valence-corrected chi connectivity index (χ2v) is 3.96. The number of benzene rings is 1. The summed E-state index contributed by atoms with van der Waals surface area (Å²) in [5.74, 6) is 2.60. The van der Waals surface area contributed by atoms with E-state index in [2.05, 4.69) is 0 Å². The van der Waals surface area contributed by atoms with E-state index in [0.29, 0.717) is 11.7 Å². The van der Waals surface area contributed by atoms with Crippen LogP contribution in [0.3, 0.4) is 0 Å². The topological polar surface area (TPSA) is 53.7 Å². The van der Waals surface area contributed by atoms with Gasteiger partial charge in [0.05, 0.1) is 21.3 Å². The monoisotopic (exact) mass is 223 g/mol. The summed E-state index contributed by atoms with van der Waals surface area (Å²) < 4.78 is 15.8. The number of hydrogen-bond donors (Lipinski definition) is 1. The summed E-state index contributed by atoms with van der Waals surface area (Å²) in [5, 5.41) is 0. The Hall–Kier alpha value is -1.42. The molecular weight excluding hydrogens is 206 g/mol. The Morgan fingerprint density at radius 2 is 1.50 bits per heavy atom. The Kier molecular flexibility index (Phi) is 2.92. The maximum Gasteiger partial charge on any atom is 0.164 e. The Labute approximate surface area is 95.3 Å². The van der Waals surface area contributed by atoms with Crippen molar-refractivity contribution in [3.8, 4) is 17.2 Å². The van der Waals surface area contributed by atoms with Crippen LogP contribution in [0, 0.1) is 0 Å². The van der Waals surface area contributed by atoms with E-state index in [0.717, 1.165) is 23.5 Å². The van der Waals surface area contributed by atoms with Crippen molar-refractivity contribution >= 4 is 0 Å². The van der Waals surface area contributed by atoms with Crippen LogP contribution in [0.15, 0.2) is 12.1 Å². The van der Waals surface area contributed by atoms with Crippen molar-refractivity contribution < 1.29 is 14.2 Å². The highest BCUT2D eigenvalue weighted by Gasteiger charge is 2.37. The molecule has 0 unspecified atom stereocenters. The summed E-state index contributed by atoms with van der Waals surface area (Å²) in [7, 11) is 4.89. The molecule has 0 aliphatic heterocycles. The molecule has 1 aromatic rings. The van der Waals surface area contributed by atoms with E-state index in [9.17, 15) is 0 Å². The fourth-order valence-electron chi connectivity index (χ4n) is 1.91. The molecule has 2 rings (SSSR count). The summed E-state index contributed by atoms with van der Waals surface area (Å²) in [6, 6.07) is 4.04. The van der Waals surface area contributed by atoms with E-state index in [-0.39, 0.29) is 6.04 Å². The largest absolute Gasteiger partial charge is 0.496 e. The first kappa shape index (κ1) is 11.1. The Morgan fingerprint density at radius 3 is 1.94 bits per heavy atom.